The van der Waals surface area contributed by atoms with Crippen LogP contribution < -0.4 is 5.32 Å². The van der Waals surface area contributed by atoms with Crippen molar-refractivity contribution in [2.75, 3.05) is 33.7 Å². The molecule has 2 N–H and O–H groups in total. The third-order valence-electron chi connectivity index (χ3n) is 5.52. The van der Waals surface area contributed by atoms with Gasteiger partial charge in [-0.2, -0.15) is 30.3 Å². The molecule has 1 aromatic heterocycles. The summed E-state index contributed by atoms with van der Waals surface area (Å²) >= 11 is 1.72. The highest BCUT2D eigenvalue weighted by Crippen LogP contribution is 2.46. The zero-order valence-corrected chi connectivity index (χ0v) is 18.4. The van der Waals surface area contributed by atoms with Crippen LogP contribution in [0.3, 0.4) is 0 Å². The number of nitrogens with one attached hydrogen (secondary N) is 1. The number of urea groups is 1. The molecule has 0 radical (unpaired) electrons. The first-order chi connectivity index (χ1) is 14.1. The summed E-state index contributed by atoms with van der Waals surface area (Å²) in [4.78, 5) is 28.5. The molecular weight excluding hydrogens is 436 g/mol. The molecule has 0 saturated carbocycles. The maximum Gasteiger partial charge on any atom is 0.418 e. The molecule has 12 nitrogen and oxygen atoms in total. The van der Waals surface area contributed by atoms with Crippen LogP contribution in [0.5, 0.6) is 0 Å². The van der Waals surface area contributed by atoms with Crippen LogP contribution in [0.4, 0.5) is 4.79 Å². The van der Waals surface area contributed by atoms with Gasteiger partial charge < -0.3 is 15.1 Å². The topological polar surface area (TPSA) is 137 Å². The van der Waals surface area contributed by atoms with Gasteiger partial charge in [0.15, 0.2) is 6.04 Å². The van der Waals surface area contributed by atoms with E-state index in [1.807, 2.05) is 0 Å². The number of nitrogens with zero attached hydrogens (tertiary/aromatic N) is 5. The van der Waals surface area contributed by atoms with Gasteiger partial charge in [0.1, 0.15) is 6.04 Å². The number of carbonyl (C=O) groups excluding carboxylic acids is 2. The molecule has 2 fully saturated rings. The van der Waals surface area contributed by atoms with Gasteiger partial charge >= 0.3 is 16.4 Å². The van der Waals surface area contributed by atoms with Crippen molar-refractivity contribution in [1.29, 1.82) is 0 Å². The second-order valence-electron chi connectivity index (χ2n) is 7.71. The van der Waals surface area contributed by atoms with Gasteiger partial charge in [0, 0.05) is 44.3 Å². The molecule has 3 aliphatic rings. The van der Waals surface area contributed by atoms with Crippen LogP contribution in [0.15, 0.2) is 0 Å². The van der Waals surface area contributed by atoms with Gasteiger partial charge in [-0.25, -0.2) is 4.79 Å². The van der Waals surface area contributed by atoms with Crippen molar-refractivity contribution in [2.45, 2.75) is 29.5 Å². The summed E-state index contributed by atoms with van der Waals surface area (Å²) < 4.78 is 38.1. The van der Waals surface area contributed by atoms with Crippen molar-refractivity contribution in [2.24, 2.45) is 7.05 Å². The van der Waals surface area contributed by atoms with Crippen LogP contribution >= 0.6 is 11.8 Å². The number of likely N-dealkylation sites (N-methyl/N-ethyl adjacent to an activating group) is 1. The van der Waals surface area contributed by atoms with Gasteiger partial charge in [-0.15, -0.1) is 4.28 Å². The first-order valence-electron chi connectivity index (χ1n) is 9.44. The van der Waals surface area contributed by atoms with E-state index in [1.165, 1.54) is 9.80 Å². The Morgan fingerprint density at radius 3 is 2.77 bits per heavy atom. The Morgan fingerprint density at radius 2 is 2.17 bits per heavy atom. The molecule has 3 atom stereocenters. The van der Waals surface area contributed by atoms with Gasteiger partial charge in [-0.3, -0.25) is 14.0 Å². The summed E-state index contributed by atoms with van der Waals surface area (Å²) in [7, 11) is -0.0566. The number of thioether (sulfide) groups is 1. The maximum atomic E-state index is 13.0. The van der Waals surface area contributed by atoms with Crippen LogP contribution in [0, 0.1) is 0 Å². The molecular formula is C16H24N6O6S2. The Hall–Kier alpha value is -1.87. The van der Waals surface area contributed by atoms with Crippen LogP contribution in [0.1, 0.15) is 35.5 Å². The lowest BCUT2D eigenvalue weighted by atomic mass is 9.95. The highest BCUT2D eigenvalue weighted by molar-refractivity contribution is 7.99. The minimum atomic E-state index is -4.92. The van der Waals surface area contributed by atoms with E-state index in [-0.39, 0.29) is 12.5 Å². The first kappa shape index (κ1) is 21.4. The lowest BCUT2D eigenvalue weighted by Crippen LogP contribution is -2.44. The number of fused-ring (bicyclic) bond motifs is 4. The lowest BCUT2D eigenvalue weighted by molar-refractivity contribution is -0.133. The number of hydroxylamine groups is 2. The van der Waals surface area contributed by atoms with Gasteiger partial charge in [0.05, 0.1) is 17.9 Å². The maximum absolute atomic E-state index is 13.0. The van der Waals surface area contributed by atoms with Crippen molar-refractivity contribution in [3.05, 3.63) is 17.0 Å². The molecule has 3 aliphatic heterocycles. The third-order valence-corrected chi connectivity index (χ3v) is 7.18. The van der Waals surface area contributed by atoms with Gasteiger partial charge in [-0.05, 0) is 13.0 Å². The second kappa shape index (κ2) is 7.67. The predicted octanol–water partition coefficient (Wildman–Crippen LogP) is -0.329. The Morgan fingerprint density at radius 1 is 1.43 bits per heavy atom. The molecule has 3 amide bonds. The highest BCUT2D eigenvalue weighted by Gasteiger charge is 2.55. The summed E-state index contributed by atoms with van der Waals surface area (Å²) in [6.45, 7) is 1.91. The zero-order chi connectivity index (χ0) is 21.8. The van der Waals surface area contributed by atoms with E-state index in [0.29, 0.717) is 33.0 Å². The summed E-state index contributed by atoms with van der Waals surface area (Å²) in [5.41, 5.74) is 1.80. The molecule has 2 unspecified atom stereocenters. The van der Waals surface area contributed by atoms with E-state index >= 15 is 0 Å². The predicted molar refractivity (Wildman–Crippen MR) is 107 cm³/mol. The van der Waals surface area contributed by atoms with Gasteiger partial charge in [-0.1, -0.05) is 0 Å². The summed E-state index contributed by atoms with van der Waals surface area (Å²) in [5, 5.41) is 8.95. The fraction of sp³-hybridized carbons (Fsp3) is 0.688. The third kappa shape index (κ3) is 3.66. The largest absolute Gasteiger partial charge is 0.418 e. The fourth-order valence-corrected chi connectivity index (χ4v) is 5.72. The fourth-order valence-electron chi connectivity index (χ4n) is 4.22. The van der Waals surface area contributed by atoms with Gasteiger partial charge in [0.25, 0.3) is 5.91 Å². The molecule has 4 heterocycles. The molecule has 0 aliphatic carbocycles. The first-order valence-corrected chi connectivity index (χ1v) is 11.9. The number of rotatable bonds is 6. The highest BCUT2D eigenvalue weighted by atomic mass is 32.3. The molecule has 14 heteroatoms. The van der Waals surface area contributed by atoms with E-state index in [2.05, 4.69) is 14.7 Å². The van der Waals surface area contributed by atoms with Crippen molar-refractivity contribution >= 4 is 34.1 Å². The van der Waals surface area contributed by atoms with Crippen LogP contribution in [0.25, 0.3) is 0 Å². The lowest BCUT2D eigenvalue weighted by Gasteiger charge is -2.32. The summed E-state index contributed by atoms with van der Waals surface area (Å²) in [6, 6.07) is -2.56. The summed E-state index contributed by atoms with van der Waals surface area (Å²) in [6.07, 6.45) is 1.04. The average molecular weight is 461 g/mol. The molecule has 0 spiro atoms. The Bertz CT molecular complexity index is 973. The SMILES string of the molecule is CN(C)C(=O)C1c2c(c(CS[C@@H]3CCNC3)nn2C)C2CN1C(=O)N2OS(=O)(=O)O. The van der Waals surface area contributed by atoms with Crippen molar-refractivity contribution in [1.82, 2.24) is 30.0 Å². The van der Waals surface area contributed by atoms with Crippen molar-refractivity contribution in [3.63, 3.8) is 0 Å². The van der Waals surface area contributed by atoms with Crippen molar-refractivity contribution in [3.8, 4) is 0 Å². The van der Waals surface area contributed by atoms with Crippen LogP contribution in [0.2, 0.25) is 0 Å². The molecule has 2 saturated heterocycles. The Kier molecular flexibility index (Phi) is 5.47. The minimum Gasteiger partial charge on any atom is -0.347 e. The number of amides is 3. The molecule has 1 aromatic rings. The molecule has 30 heavy (non-hydrogen) atoms. The summed E-state index contributed by atoms with van der Waals surface area (Å²) in [5.74, 6) is 0.210. The van der Waals surface area contributed by atoms with Crippen LogP contribution in [-0.4, -0.2) is 88.5 Å². The molecule has 4 rings (SSSR count). The van der Waals surface area contributed by atoms with E-state index < -0.39 is 28.5 Å². The number of hydrogen-bond donors (Lipinski definition) is 2. The standard InChI is InChI=1S/C16H24N6O6S2/c1-19(2)15(23)14-13-12(10(18-20(13)3)8-29-9-4-5-17-6-9)11-7-21(14)16(24)22(11)28-30(25,26)27/h9,11,14,17H,4-8H2,1-3H3,(H,25,26,27)/t9-,11?,14?/m1/s1. The van der Waals surface area contributed by atoms with E-state index in [9.17, 15) is 22.6 Å². The molecule has 2 bridgehead atoms. The number of aryl methyl sites for hydroxylation is 1. The van der Waals surface area contributed by atoms with Crippen molar-refractivity contribution < 1.29 is 26.8 Å². The number of aromatic nitrogens is 2. The Balaban J connectivity index is 1.76. The van der Waals surface area contributed by atoms with E-state index in [4.69, 9.17) is 0 Å². The monoisotopic (exact) mass is 460 g/mol. The van der Waals surface area contributed by atoms with Gasteiger partial charge in [0.2, 0.25) is 0 Å². The van der Waals surface area contributed by atoms with E-state index in [1.54, 1.807) is 37.6 Å². The van der Waals surface area contributed by atoms with E-state index in [0.717, 1.165) is 19.5 Å². The number of hydrogen-bond acceptors (Lipinski definition) is 8. The normalized spacial score (nSPS) is 25.7. The number of carbonyl (C=O) groups is 2. The minimum absolute atomic E-state index is 0.0555. The zero-order valence-electron chi connectivity index (χ0n) is 16.8. The second-order valence-corrected chi connectivity index (χ2v) is 10.0. The quantitative estimate of drug-likeness (QED) is 0.547. The molecule has 0 aromatic carbocycles. The average Bonchev–Trinajstić information content (AvgIpc) is 3.35. The molecule has 166 valence electrons. The van der Waals surface area contributed by atoms with Crippen LogP contribution in [-0.2, 0) is 32.3 Å². The Labute approximate surface area is 178 Å². The smallest absolute Gasteiger partial charge is 0.347 e.